The smallest absolute Gasteiger partial charge is 0.269 e. The Labute approximate surface area is 212 Å². The Morgan fingerprint density at radius 3 is 2.47 bits per heavy atom. The van der Waals surface area contributed by atoms with E-state index in [1.54, 1.807) is 36.4 Å². The molecular weight excluding hydrogens is 470 g/mol. The summed E-state index contributed by atoms with van der Waals surface area (Å²) in [5, 5.41) is 0.665. The van der Waals surface area contributed by atoms with Crippen LogP contribution in [0.4, 0.5) is 11.4 Å². The number of benzene rings is 2. The van der Waals surface area contributed by atoms with Crippen LogP contribution in [-0.2, 0) is 16.6 Å². The molecule has 0 bridgehead atoms. The maximum absolute atomic E-state index is 13.4. The highest BCUT2D eigenvalue weighted by molar-refractivity contribution is 7.90. The van der Waals surface area contributed by atoms with Crippen molar-refractivity contribution in [3.05, 3.63) is 96.1 Å². The van der Waals surface area contributed by atoms with Gasteiger partial charge in [-0.2, -0.15) is 0 Å². The minimum atomic E-state index is -3.81. The third kappa shape index (κ3) is 4.36. The summed E-state index contributed by atoms with van der Waals surface area (Å²) >= 11 is 0. The topological polar surface area (TPSA) is 62.8 Å². The largest absolute Gasteiger partial charge is 0.378 e. The first-order valence-electron chi connectivity index (χ1n) is 12.1. The van der Waals surface area contributed by atoms with E-state index in [2.05, 4.69) is 50.8 Å². The van der Waals surface area contributed by atoms with Gasteiger partial charge < -0.3 is 4.90 Å². The van der Waals surface area contributed by atoms with Gasteiger partial charge in [0.05, 0.1) is 17.2 Å². The van der Waals surface area contributed by atoms with Crippen LogP contribution in [0.2, 0.25) is 0 Å². The number of likely N-dealkylation sites (N-methyl/N-ethyl adjacent to an activating group) is 1. The second kappa shape index (κ2) is 9.76. The van der Waals surface area contributed by atoms with Gasteiger partial charge in [0.1, 0.15) is 0 Å². The quantitative estimate of drug-likeness (QED) is 0.343. The van der Waals surface area contributed by atoms with Gasteiger partial charge in [0.2, 0.25) is 5.69 Å². The summed E-state index contributed by atoms with van der Waals surface area (Å²) < 4.78 is 27.9. The third-order valence-electron chi connectivity index (χ3n) is 7.16. The molecule has 5 rings (SSSR count). The normalized spacial score (nSPS) is 18.7. The number of rotatable bonds is 6. The Bertz CT molecular complexity index is 1510. The van der Waals surface area contributed by atoms with E-state index in [9.17, 15) is 8.42 Å². The molecule has 1 aliphatic rings. The predicted molar refractivity (Wildman–Crippen MR) is 143 cm³/mol. The molecule has 1 aliphatic heterocycles. The summed E-state index contributed by atoms with van der Waals surface area (Å²) in [6.45, 7) is 12.8. The van der Waals surface area contributed by atoms with Crippen molar-refractivity contribution in [3.63, 3.8) is 0 Å². The lowest BCUT2D eigenvalue weighted by atomic mass is 9.91. The number of aromatic nitrogens is 2. The average Bonchev–Trinajstić information content (AvgIpc) is 3.35. The van der Waals surface area contributed by atoms with Crippen molar-refractivity contribution >= 4 is 32.4 Å². The lowest BCUT2D eigenvalue weighted by molar-refractivity contribution is 0.159. The van der Waals surface area contributed by atoms with E-state index in [0.29, 0.717) is 22.6 Å². The first kappa shape index (κ1) is 24.0. The van der Waals surface area contributed by atoms with Crippen LogP contribution in [0, 0.1) is 12.5 Å². The molecule has 1 saturated heterocycles. The fourth-order valence-corrected chi connectivity index (χ4v) is 6.48. The highest BCUT2D eigenvalue weighted by Crippen LogP contribution is 2.39. The summed E-state index contributed by atoms with van der Waals surface area (Å²) in [5.74, 6) is 0.416. The minimum absolute atomic E-state index is 0.169. The number of pyridine rings is 1. The van der Waals surface area contributed by atoms with Crippen molar-refractivity contribution in [1.82, 2.24) is 13.9 Å². The molecular formula is C28H29N5O2S. The van der Waals surface area contributed by atoms with Crippen molar-refractivity contribution in [2.45, 2.75) is 30.8 Å². The first-order chi connectivity index (χ1) is 17.4. The zero-order valence-corrected chi connectivity index (χ0v) is 21.3. The molecule has 0 radical (unpaired) electrons. The van der Waals surface area contributed by atoms with Gasteiger partial charge in [0, 0.05) is 44.0 Å². The monoisotopic (exact) mass is 499 g/mol. The Morgan fingerprint density at radius 2 is 1.78 bits per heavy atom. The number of piperidine rings is 1. The molecule has 8 heteroatoms. The number of anilines is 1. The van der Waals surface area contributed by atoms with Crippen molar-refractivity contribution in [2.75, 3.05) is 25.0 Å². The van der Waals surface area contributed by atoms with Crippen LogP contribution >= 0.6 is 0 Å². The standard InChI is InChI=1S/C28H29N5O2S/c1-21-14-16-32(19-22-10-6-4-7-11-22)20-26(21)31(3)27-24-15-17-33(28(24)30-18-25(27)29-2)36(34,35)23-12-8-5-9-13-23/h4-13,15,17-18,21,26H,14,16,19-20H2,1,3H3/t21-,26?/m1/s1. The van der Waals surface area contributed by atoms with Gasteiger partial charge in [-0.25, -0.2) is 22.2 Å². The number of likely N-dealkylation sites (tertiary alicyclic amines) is 1. The summed E-state index contributed by atoms with van der Waals surface area (Å²) in [7, 11) is -1.80. The maximum Gasteiger partial charge on any atom is 0.269 e. The summed E-state index contributed by atoms with van der Waals surface area (Å²) in [4.78, 5) is 13.0. The third-order valence-corrected chi connectivity index (χ3v) is 8.84. The van der Waals surface area contributed by atoms with Crippen molar-refractivity contribution in [1.29, 1.82) is 0 Å². The van der Waals surface area contributed by atoms with Crippen LogP contribution in [0.5, 0.6) is 0 Å². The summed E-state index contributed by atoms with van der Waals surface area (Å²) in [6, 6.07) is 20.7. The molecule has 0 amide bonds. The fourth-order valence-electron chi connectivity index (χ4n) is 5.16. The highest BCUT2D eigenvalue weighted by atomic mass is 32.2. The lowest BCUT2D eigenvalue weighted by Gasteiger charge is -2.43. The van der Waals surface area contributed by atoms with Crippen LogP contribution in [0.15, 0.2) is 84.0 Å². The van der Waals surface area contributed by atoms with E-state index in [-0.39, 0.29) is 10.9 Å². The second-order valence-corrected chi connectivity index (χ2v) is 11.3. The van der Waals surface area contributed by atoms with Gasteiger partial charge in [-0.05, 0) is 42.6 Å². The van der Waals surface area contributed by atoms with E-state index in [4.69, 9.17) is 6.57 Å². The fraction of sp³-hybridized carbons (Fsp3) is 0.286. The van der Waals surface area contributed by atoms with Gasteiger partial charge >= 0.3 is 0 Å². The average molecular weight is 500 g/mol. The Balaban J connectivity index is 1.52. The van der Waals surface area contributed by atoms with Crippen LogP contribution in [0.25, 0.3) is 15.9 Å². The van der Waals surface area contributed by atoms with E-state index >= 15 is 0 Å². The molecule has 0 N–H and O–H groups in total. The molecule has 2 aromatic carbocycles. The van der Waals surface area contributed by atoms with Crippen molar-refractivity contribution in [2.24, 2.45) is 5.92 Å². The van der Waals surface area contributed by atoms with E-state index in [1.807, 2.05) is 13.1 Å². The SMILES string of the molecule is [C-]#[N+]c1cnc2c(ccn2S(=O)(=O)c2ccccc2)c1N(C)C1CN(Cc2ccccc2)CC[C@H]1C. The Hall–Kier alpha value is -3.67. The van der Waals surface area contributed by atoms with Crippen molar-refractivity contribution in [3.8, 4) is 0 Å². The molecule has 2 atom stereocenters. The van der Waals surface area contributed by atoms with E-state index < -0.39 is 10.0 Å². The molecule has 7 nitrogen and oxygen atoms in total. The van der Waals surface area contributed by atoms with E-state index in [0.717, 1.165) is 31.7 Å². The van der Waals surface area contributed by atoms with Gasteiger partial charge in [0.25, 0.3) is 10.0 Å². The number of nitrogens with zero attached hydrogens (tertiary/aromatic N) is 5. The second-order valence-electron chi connectivity index (χ2n) is 9.44. The van der Waals surface area contributed by atoms with Gasteiger partial charge in [-0.3, -0.25) is 4.90 Å². The predicted octanol–water partition coefficient (Wildman–Crippen LogP) is 5.17. The molecule has 0 aliphatic carbocycles. The van der Waals surface area contributed by atoms with Gasteiger partial charge in [0.15, 0.2) is 5.65 Å². The molecule has 184 valence electrons. The Morgan fingerprint density at radius 1 is 1.08 bits per heavy atom. The Kier molecular flexibility index (Phi) is 6.52. The number of fused-ring (bicyclic) bond motifs is 1. The van der Waals surface area contributed by atoms with Gasteiger partial charge in [-0.1, -0.05) is 55.5 Å². The molecule has 1 fully saturated rings. The molecule has 3 heterocycles. The highest BCUT2D eigenvalue weighted by Gasteiger charge is 2.32. The maximum atomic E-state index is 13.4. The van der Waals surface area contributed by atoms with Gasteiger partial charge in [-0.15, -0.1) is 0 Å². The zero-order valence-electron chi connectivity index (χ0n) is 20.4. The molecule has 4 aromatic rings. The van der Waals surface area contributed by atoms with Crippen LogP contribution in [0.1, 0.15) is 18.9 Å². The molecule has 1 unspecified atom stereocenters. The van der Waals surface area contributed by atoms with Crippen LogP contribution < -0.4 is 4.90 Å². The van der Waals surface area contributed by atoms with Crippen molar-refractivity contribution < 1.29 is 8.42 Å². The molecule has 2 aromatic heterocycles. The molecule has 36 heavy (non-hydrogen) atoms. The van der Waals surface area contributed by atoms with Crippen LogP contribution in [0.3, 0.4) is 0 Å². The minimum Gasteiger partial charge on any atom is -0.378 e. The zero-order chi connectivity index (χ0) is 25.3. The number of hydrogen-bond donors (Lipinski definition) is 0. The lowest BCUT2D eigenvalue weighted by Crippen LogP contribution is -2.50. The number of hydrogen-bond acceptors (Lipinski definition) is 5. The molecule has 0 saturated carbocycles. The summed E-state index contributed by atoms with van der Waals surface area (Å²) in [5.41, 5.74) is 2.77. The van der Waals surface area contributed by atoms with Crippen LogP contribution in [-0.4, -0.2) is 48.5 Å². The molecule has 0 spiro atoms. The first-order valence-corrected chi connectivity index (χ1v) is 13.5. The van der Waals surface area contributed by atoms with E-state index in [1.165, 1.54) is 21.9 Å². The summed E-state index contributed by atoms with van der Waals surface area (Å²) in [6.07, 6.45) is 4.08.